The van der Waals surface area contributed by atoms with Crippen LogP contribution in [0.2, 0.25) is 0 Å². The number of hydrogen-bond donors (Lipinski definition) is 5. The summed E-state index contributed by atoms with van der Waals surface area (Å²) in [5, 5.41) is 30.0. The van der Waals surface area contributed by atoms with Crippen molar-refractivity contribution in [1.29, 1.82) is 0 Å². The molecule has 0 bridgehead atoms. The molecule has 9 atom stereocenters. The fourth-order valence-corrected chi connectivity index (χ4v) is 6.98. The van der Waals surface area contributed by atoms with Crippen molar-refractivity contribution in [3.63, 3.8) is 0 Å². The van der Waals surface area contributed by atoms with E-state index in [2.05, 4.69) is 22.5 Å². The van der Waals surface area contributed by atoms with E-state index in [4.69, 9.17) is 23.7 Å². The van der Waals surface area contributed by atoms with Crippen LogP contribution in [0.3, 0.4) is 0 Å². The Bertz CT molecular complexity index is 1120. The molecule has 230 valence electrons. The molecule has 1 aromatic carbocycles. The lowest BCUT2D eigenvalue weighted by Crippen LogP contribution is -2.62. The summed E-state index contributed by atoms with van der Waals surface area (Å²) in [6.45, 7) is 3.70. The fourth-order valence-electron chi connectivity index (χ4n) is 5.44. The van der Waals surface area contributed by atoms with Gasteiger partial charge in [0.15, 0.2) is 12.6 Å². The molecule has 4 fully saturated rings. The average molecular weight is 614 g/mol. The van der Waals surface area contributed by atoms with Crippen LogP contribution in [0.4, 0.5) is 4.79 Å². The molecule has 3 amide bonds. The minimum absolute atomic E-state index is 0.0614. The number of hydrogen-bond acceptors (Lipinski definition) is 11. The number of nitrogens with one attached hydrogen (secondary N) is 3. The summed E-state index contributed by atoms with van der Waals surface area (Å²) in [6.07, 6.45) is -2.17. The first kappa shape index (κ1) is 30.7. The summed E-state index contributed by atoms with van der Waals surface area (Å²) in [6, 6.07) is 6.97. The van der Waals surface area contributed by atoms with Gasteiger partial charge in [-0.3, -0.25) is 9.59 Å². The zero-order valence-electron chi connectivity index (χ0n) is 23.0. The minimum atomic E-state index is -1.36. The van der Waals surface area contributed by atoms with Gasteiger partial charge in [0, 0.05) is 29.5 Å². The third-order valence-electron chi connectivity index (χ3n) is 7.64. The molecule has 0 spiro atoms. The average Bonchev–Trinajstić information content (AvgIpc) is 3.55. The Hall–Kier alpha value is -2.72. The van der Waals surface area contributed by atoms with Gasteiger partial charge in [0.2, 0.25) is 5.91 Å². The Labute approximate surface area is 247 Å². The van der Waals surface area contributed by atoms with Crippen molar-refractivity contribution in [2.24, 2.45) is 0 Å². The predicted octanol–water partition coefficient (Wildman–Crippen LogP) is 0.497. The van der Waals surface area contributed by atoms with E-state index in [0.717, 1.165) is 24.7 Å². The molecule has 0 radical (unpaired) electrons. The molecular formula is C28H37N3O10S. The number of unbranched alkanes of at least 4 members (excludes halogenated alkanes) is 1. The molecule has 4 aliphatic rings. The van der Waals surface area contributed by atoms with Gasteiger partial charge in [-0.1, -0.05) is 25.1 Å². The van der Waals surface area contributed by atoms with Crippen molar-refractivity contribution >= 4 is 29.7 Å². The molecule has 0 aromatic heterocycles. The number of amides is 3. The number of aliphatic hydroxyl groups is 2. The van der Waals surface area contributed by atoms with Crippen LogP contribution in [-0.2, 0) is 28.5 Å². The van der Waals surface area contributed by atoms with E-state index >= 15 is 0 Å². The number of esters is 1. The van der Waals surface area contributed by atoms with Crippen molar-refractivity contribution in [2.75, 3.05) is 25.5 Å². The lowest BCUT2D eigenvalue weighted by atomic mass is 10.0. The van der Waals surface area contributed by atoms with Gasteiger partial charge >= 0.3 is 12.0 Å². The van der Waals surface area contributed by atoms with Crippen molar-refractivity contribution in [2.45, 2.75) is 80.0 Å². The Morgan fingerprint density at radius 3 is 2.74 bits per heavy atom. The summed E-state index contributed by atoms with van der Waals surface area (Å²) < 4.78 is 28.4. The number of aliphatic hydroxyl groups excluding tert-OH is 2. The molecule has 5 N–H and O–H groups in total. The number of urea groups is 1. The normalized spacial score (nSPS) is 33.6. The lowest BCUT2D eigenvalue weighted by molar-refractivity contribution is -0.361. The smallest absolute Gasteiger partial charge is 0.315 e. The number of benzene rings is 1. The largest absolute Gasteiger partial charge is 0.427 e. The van der Waals surface area contributed by atoms with Crippen molar-refractivity contribution in [3.8, 4) is 5.75 Å². The molecule has 1 aromatic rings. The molecule has 0 aliphatic carbocycles. The lowest BCUT2D eigenvalue weighted by Gasteiger charge is -2.46. The van der Waals surface area contributed by atoms with Gasteiger partial charge in [-0.15, -0.1) is 0 Å². The van der Waals surface area contributed by atoms with Crippen LogP contribution in [0.5, 0.6) is 5.75 Å². The van der Waals surface area contributed by atoms with E-state index in [0.29, 0.717) is 29.4 Å². The quantitative estimate of drug-likeness (QED) is 0.0555. The van der Waals surface area contributed by atoms with Crippen LogP contribution in [0.15, 0.2) is 36.9 Å². The summed E-state index contributed by atoms with van der Waals surface area (Å²) in [5.41, 5.74) is 0.645. The van der Waals surface area contributed by atoms with Crippen LogP contribution in [0.1, 0.15) is 37.5 Å². The third kappa shape index (κ3) is 7.43. The Kier molecular flexibility index (Phi) is 10.4. The molecule has 42 heavy (non-hydrogen) atoms. The Morgan fingerprint density at radius 1 is 1.14 bits per heavy atom. The molecule has 14 heteroatoms. The van der Waals surface area contributed by atoms with Gasteiger partial charge in [0.05, 0.1) is 25.3 Å². The van der Waals surface area contributed by atoms with Gasteiger partial charge in [-0.2, -0.15) is 11.8 Å². The SMILES string of the molecule is C=CC(=O)NCCO[13C@@H]1O[13C@@H]2[13CH2]OC(c3ccc(OC(=O)CCCC[C@@H]4SC[C@@H]5NC(=O)N[C@@H]54)cc3)O[13CH]2[13C@H](O)[13C@H]1O. The summed E-state index contributed by atoms with van der Waals surface area (Å²) >= 11 is 1.86. The number of ether oxygens (including phenoxy) is 5. The molecule has 5 rings (SSSR count). The van der Waals surface area contributed by atoms with E-state index in [-0.39, 0.29) is 49.7 Å². The van der Waals surface area contributed by atoms with Gasteiger partial charge in [0.1, 0.15) is 30.2 Å². The van der Waals surface area contributed by atoms with Crippen LogP contribution in [-0.4, -0.2) is 102 Å². The number of carbonyl (C=O) groups excluding carboxylic acids is 3. The van der Waals surface area contributed by atoms with Crippen LogP contribution in [0, 0.1) is 0 Å². The maximum atomic E-state index is 12.4. The molecule has 0 saturated carbocycles. The molecule has 4 heterocycles. The second kappa shape index (κ2) is 14.2. The molecule has 2 unspecified atom stereocenters. The second-order valence-corrected chi connectivity index (χ2v) is 11.8. The molecule has 4 aliphatic heterocycles. The summed E-state index contributed by atoms with van der Waals surface area (Å²) in [4.78, 5) is 35.1. The Morgan fingerprint density at radius 2 is 1.95 bits per heavy atom. The fraction of sp³-hybridized carbons (Fsp3) is 0.607. The first-order chi connectivity index (χ1) is 20.3. The monoisotopic (exact) mass is 613 g/mol. The van der Waals surface area contributed by atoms with Gasteiger partial charge < -0.3 is 49.8 Å². The summed E-state index contributed by atoms with van der Waals surface area (Å²) in [5.74, 6) is 0.640. The number of fused-ring (bicyclic) bond motifs is 2. The highest BCUT2D eigenvalue weighted by molar-refractivity contribution is 8.00. The van der Waals surface area contributed by atoms with Crippen LogP contribution in [0.25, 0.3) is 0 Å². The number of thioether (sulfide) groups is 1. The number of carbonyl (C=O) groups is 3. The predicted molar refractivity (Wildman–Crippen MR) is 149 cm³/mol. The highest BCUT2D eigenvalue weighted by Gasteiger charge is 2.49. The second-order valence-electron chi connectivity index (χ2n) is 10.6. The zero-order valence-corrected chi connectivity index (χ0v) is 23.8. The topological polar surface area (TPSA) is 174 Å². The highest BCUT2D eigenvalue weighted by Crippen LogP contribution is 2.35. The number of rotatable bonds is 12. The maximum Gasteiger partial charge on any atom is 0.315 e. The summed E-state index contributed by atoms with van der Waals surface area (Å²) in [7, 11) is 0. The van der Waals surface area contributed by atoms with Crippen LogP contribution < -0.4 is 20.7 Å². The first-order valence-electron chi connectivity index (χ1n) is 14.1. The molecular weight excluding hydrogens is 576 g/mol. The molecule has 4 saturated heterocycles. The van der Waals surface area contributed by atoms with E-state index in [9.17, 15) is 24.6 Å². The Balaban J connectivity index is 1.02. The first-order valence-corrected chi connectivity index (χ1v) is 15.2. The van der Waals surface area contributed by atoms with Crippen molar-refractivity contribution < 1.29 is 48.3 Å². The van der Waals surface area contributed by atoms with Crippen molar-refractivity contribution in [3.05, 3.63) is 42.5 Å². The van der Waals surface area contributed by atoms with E-state index in [1.807, 2.05) is 11.8 Å². The van der Waals surface area contributed by atoms with E-state index in [1.165, 1.54) is 0 Å². The molecule has 13 nitrogen and oxygen atoms in total. The maximum absolute atomic E-state index is 12.4. The van der Waals surface area contributed by atoms with Crippen LogP contribution >= 0.6 is 11.8 Å². The minimum Gasteiger partial charge on any atom is -0.427 e. The van der Waals surface area contributed by atoms with E-state index in [1.54, 1.807) is 24.3 Å². The van der Waals surface area contributed by atoms with Gasteiger partial charge in [0.25, 0.3) is 0 Å². The van der Waals surface area contributed by atoms with E-state index < -0.39 is 37.0 Å². The third-order valence-corrected chi connectivity index (χ3v) is 9.15. The van der Waals surface area contributed by atoms with Gasteiger partial charge in [-0.05, 0) is 31.1 Å². The zero-order chi connectivity index (χ0) is 29.6. The standard InChI is InChI=1S/C28H37N3O10S/c1-2-20(32)29-11-12-37-27-24(35)23(34)25-18(40-27)13-38-26(41-25)15-7-9-16(10-8-15)39-21(33)6-4-3-5-19-22-17(14-42-19)30-28(36)31-22/h2,7-10,17-19,22-27,34-35H,1,3-6,11-14H2,(H,29,32)(H2,30,31,36)/t17-,18+,19-,22-,23+,24+,25?,26?,27+/m0/s1/i13+1,18+1,23+1,24+1,25+1,27+1. The highest BCUT2D eigenvalue weighted by atomic mass is 32.2. The van der Waals surface area contributed by atoms with Gasteiger partial charge in [-0.25, -0.2) is 4.79 Å². The van der Waals surface area contributed by atoms with Crippen molar-refractivity contribution in [1.82, 2.24) is 16.0 Å².